The summed E-state index contributed by atoms with van der Waals surface area (Å²) < 4.78 is 10.7. The molecule has 0 aromatic heterocycles. The van der Waals surface area contributed by atoms with E-state index >= 15 is 0 Å². The summed E-state index contributed by atoms with van der Waals surface area (Å²) >= 11 is 0. The van der Waals surface area contributed by atoms with Crippen LogP contribution in [0.15, 0.2) is 91.0 Å². The molecule has 7 nitrogen and oxygen atoms in total. The number of hydrogen-bond acceptors (Lipinski definition) is 5. The summed E-state index contributed by atoms with van der Waals surface area (Å²) in [4.78, 5) is 43.2. The quantitative estimate of drug-likeness (QED) is 0.324. The number of rotatable bonds is 5. The fraction of sp³-hybridized carbons (Fsp3) is 0.206. The molecule has 0 unspecified atom stereocenters. The van der Waals surface area contributed by atoms with Crippen molar-refractivity contribution >= 4 is 29.1 Å². The molecule has 1 fully saturated rings. The minimum Gasteiger partial charge on any atom is -0.497 e. The van der Waals surface area contributed by atoms with Crippen molar-refractivity contribution < 1.29 is 23.9 Å². The van der Waals surface area contributed by atoms with E-state index in [9.17, 15) is 14.4 Å². The Kier molecular flexibility index (Phi) is 5.54. The number of benzene rings is 4. The fourth-order valence-electron chi connectivity index (χ4n) is 7.24. The molecular formula is C34H28N2O5. The lowest BCUT2D eigenvalue weighted by molar-refractivity contribution is -0.128. The van der Waals surface area contributed by atoms with Crippen LogP contribution in [0.2, 0.25) is 0 Å². The van der Waals surface area contributed by atoms with Crippen LogP contribution in [0.1, 0.15) is 51.4 Å². The maximum Gasteiger partial charge on any atom is 0.255 e. The smallest absolute Gasteiger partial charge is 0.255 e. The summed E-state index contributed by atoms with van der Waals surface area (Å²) in [7, 11) is 3.07. The lowest BCUT2D eigenvalue weighted by atomic mass is 9.48. The SMILES string of the molecule is COc1ccc(NC(=O)c2cccc(N3C(=O)[C@@H]4C5c6ccccc6C(c6ccccc65)[C@@]4(C)C3=O)c2)c(OC)c1. The number of imide groups is 1. The van der Waals surface area contributed by atoms with Crippen LogP contribution in [0.5, 0.6) is 11.5 Å². The Morgan fingerprint density at radius 1 is 0.805 bits per heavy atom. The van der Waals surface area contributed by atoms with E-state index in [2.05, 4.69) is 29.6 Å². The molecule has 1 N–H and O–H groups in total. The van der Waals surface area contributed by atoms with E-state index < -0.39 is 17.2 Å². The Bertz CT molecular complexity index is 1720. The molecule has 7 heteroatoms. The number of carbonyl (C=O) groups is 3. The second-order valence-electron chi connectivity index (χ2n) is 11.0. The fourth-order valence-corrected chi connectivity index (χ4v) is 7.24. The predicted molar refractivity (Wildman–Crippen MR) is 155 cm³/mol. The number of anilines is 2. The van der Waals surface area contributed by atoms with Crippen molar-refractivity contribution in [2.24, 2.45) is 11.3 Å². The van der Waals surface area contributed by atoms with Crippen LogP contribution in [0.3, 0.4) is 0 Å². The van der Waals surface area contributed by atoms with Gasteiger partial charge in [-0.25, -0.2) is 4.90 Å². The zero-order valence-corrected chi connectivity index (χ0v) is 22.9. The van der Waals surface area contributed by atoms with E-state index in [1.165, 1.54) is 12.0 Å². The number of ether oxygens (including phenoxy) is 2. The Hall–Kier alpha value is -4.91. The van der Waals surface area contributed by atoms with E-state index in [4.69, 9.17) is 9.47 Å². The minimum atomic E-state index is -0.945. The molecule has 2 atom stereocenters. The standard InChI is InChI=1S/C34H28N2O5/c1-34-29-24-13-6-4-11-22(24)28(23-12-5-7-14-25(23)29)30(34)32(38)36(33(34)39)20-10-8-9-19(17-20)31(37)35-26-16-15-21(40-2)18-27(26)41-3/h4-18,28-30H,1-3H3,(H,35,37)/t28?,29?,30-,34+/m0/s1. The van der Waals surface area contributed by atoms with Gasteiger partial charge < -0.3 is 14.8 Å². The maximum atomic E-state index is 14.4. The molecule has 4 aliphatic rings. The first-order chi connectivity index (χ1) is 19.9. The Morgan fingerprint density at radius 3 is 2.10 bits per heavy atom. The second kappa shape index (κ2) is 9.06. The van der Waals surface area contributed by atoms with Gasteiger partial charge in [0, 0.05) is 23.5 Å². The maximum absolute atomic E-state index is 14.4. The molecule has 4 aromatic carbocycles. The van der Waals surface area contributed by atoms with Gasteiger partial charge in [0.1, 0.15) is 11.5 Å². The van der Waals surface area contributed by atoms with E-state index in [0.29, 0.717) is 28.4 Å². The number of nitrogens with one attached hydrogen (secondary N) is 1. The van der Waals surface area contributed by atoms with Crippen molar-refractivity contribution in [1.29, 1.82) is 0 Å². The van der Waals surface area contributed by atoms with Gasteiger partial charge in [-0.3, -0.25) is 14.4 Å². The lowest BCUT2D eigenvalue weighted by Gasteiger charge is -2.51. The number of carbonyl (C=O) groups excluding carboxylic acids is 3. The molecule has 0 saturated carbocycles. The normalized spacial score (nSPS) is 23.5. The zero-order chi connectivity index (χ0) is 28.5. The van der Waals surface area contributed by atoms with Gasteiger partial charge in [-0.15, -0.1) is 0 Å². The van der Waals surface area contributed by atoms with Crippen LogP contribution in [0, 0.1) is 11.3 Å². The van der Waals surface area contributed by atoms with E-state index in [0.717, 1.165) is 22.3 Å². The Morgan fingerprint density at radius 2 is 1.46 bits per heavy atom. The van der Waals surface area contributed by atoms with Crippen molar-refractivity contribution in [2.45, 2.75) is 18.8 Å². The minimum absolute atomic E-state index is 0.215. The summed E-state index contributed by atoms with van der Waals surface area (Å²) in [6.45, 7) is 1.94. The van der Waals surface area contributed by atoms with Crippen LogP contribution < -0.4 is 19.7 Å². The molecule has 4 aromatic rings. The monoisotopic (exact) mass is 544 g/mol. The third-order valence-electron chi connectivity index (χ3n) is 9.04. The van der Waals surface area contributed by atoms with Crippen molar-refractivity contribution in [3.63, 3.8) is 0 Å². The van der Waals surface area contributed by atoms with Gasteiger partial charge >= 0.3 is 0 Å². The van der Waals surface area contributed by atoms with Gasteiger partial charge in [0.2, 0.25) is 11.8 Å². The van der Waals surface area contributed by atoms with Gasteiger partial charge in [0.15, 0.2) is 0 Å². The van der Waals surface area contributed by atoms with Crippen LogP contribution in [0.25, 0.3) is 0 Å². The van der Waals surface area contributed by atoms with Gasteiger partial charge in [-0.2, -0.15) is 0 Å². The number of hydrogen-bond donors (Lipinski definition) is 1. The topological polar surface area (TPSA) is 84.9 Å². The van der Waals surface area contributed by atoms with E-state index in [1.54, 1.807) is 49.6 Å². The van der Waals surface area contributed by atoms with Crippen molar-refractivity contribution in [3.05, 3.63) is 119 Å². The van der Waals surface area contributed by atoms with Gasteiger partial charge in [0.05, 0.1) is 36.9 Å². The highest BCUT2D eigenvalue weighted by Gasteiger charge is 2.68. The predicted octanol–water partition coefficient (Wildman–Crippen LogP) is 5.74. The van der Waals surface area contributed by atoms with Gasteiger partial charge in [0.25, 0.3) is 5.91 Å². The highest BCUT2D eigenvalue weighted by Crippen LogP contribution is 2.67. The van der Waals surface area contributed by atoms with Crippen LogP contribution in [0.4, 0.5) is 11.4 Å². The lowest BCUT2D eigenvalue weighted by Crippen LogP contribution is -2.49. The van der Waals surface area contributed by atoms with Gasteiger partial charge in [-0.05, 0) is 59.5 Å². The largest absolute Gasteiger partial charge is 0.497 e. The van der Waals surface area contributed by atoms with Crippen LogP contribution >= 0.6 is 0 Å². The first kappa shape index (κ1) is 25.1. The Balaban J connectivity index is 1.26. The molecule has 3 aliphatic carbocycles. The highest BCUT2D eigenvalue weighted by atomic mass is 16.5. The molecule has 2 bridgehead atoms. The third-order valence-corrected chi connectivity index (χ3v) is 9.04. The van der Waals surface area contributed by atoms with E-state index in [-0.39, 0.29) is 23.7 Å². The van der Waals surface area contributed by atoms with Crippen molar-refractivity contribution in [1.82, 2.24) is 0 Å². The second-order valence-corrected chi connectivity index (χ2v) is 11.0. The zero-order valence-electron chi connectivity index (χ0n) is 22.9. The summed E-state index contributed by atoms with van der Waals surface area (Å²) in [6, 6.07) is 28.1. The molecule has 3 amide bonds. The molecule has 8 rings (SSSR count). The summed E-state index contributed by atoms with van der Waals surface area (Å²) in [5.41, 5.74) is 4.68. The number of nitrogens with zero attached hydrogens (tertiary/aromatic N) is 1. The molecular weight excluding hydrogens is 516 g/mol. The van der Waals surface area contributed by atoms with Crippen LogP contribution in [-0.4, -0.2) is 31.9 Å². The molecule has 0 spiro atoms. The average Bonchev–Trinajstić information content (AvgIpc) is 3.22. The molecule has 1 saturated heterocycles. The summed E-state index contributed by atoms with van der Waals surface area (Å²) in [5.74, 6) is -0.796. The highest BCUT2D eigenvalue weighted by molar-refractivity contribution is 6.25. The Labute approximate surface area is 237 Å². The van der Waals surface area contributed by atoms with Gasteiger partial charge in [-0.1, -0.05) is 54.6 Å². The third kappa shape index (κ3) is 3.41. The molecule has 41 heavy (non-hydrogen) atoms. The summed E-state index contributed by atoms with van der Waals surface area (Å²) in [6.07, 6.45) is 0. The molecule has 1 aliphatic heterocycles. The summed E-state index contributed by atoms with van der Waals surface area (Å²) in [5, 5.41) is 2.87. The number of amides is 3. The first-order valence-electron chi connectivity index (χ1n) is 13.6. The molecule has 204 valence electrons. The average molecular weight is 545 g/mol. The van der Waals surface area contributed by atoms with Crippen LogP contribution in [-0.2, 0) is 9.59 Å². The molecule has 0 radical (unpaired) electrons. The first-order valence-corrected chi connectivity index (χ1v) is 13.6. The molecule has 1 heterocycles. The van der Waals surface area contributed by atoms with Crippen molar-refractivity contribution in [3.8, 4) is 11.5 Å². The van der Waals surface area contributed by atoms with E-state index in [1.807, 2.05) is 31.2 Å². The van der Waals surface area contributed by atoms with Crippen molar-refractivity contribution in [2.75, 3.05) is 24.4 Å². The number of methoxy groups -OCH3 is 2.